The minimum Gasteiger partial charge on any atom is -0.265 e. The molecule has 0 saturated heterocycles. The van der Waals surface area contributed by atoms with Crippen LogP contribution in [0.25, 0.3) is 33.5 Å². The van der Waals surface area contributed by atoms with Crippen molar-refractivity contribution in [2.75, 3.05) is 0 Å². The van der Waals surface area contributed by atoms with Crippen molar-refractivity contribution in [3.05, 3.63) is 55.0 Å². The summed E-state index contributed by atoms with van der Waals surface area (Å²) >= 11 is 0. The molecule has 0 radical (unpaired) electrons. The molecule has 0 amide bonds. The highest BCUT2D eigenvalue weighted by atomic mass is 32.2. The summed E-state index contributed by atoms with van der Waals surface area (Å²) in [6.45, 7) is 0. The van der Waals surface area contributed by atoms with Gasteiger partial charge >= 0.3 is 0 Å². The van der Waals surface area contributed by atoms with Crippen molar-refractivity contribution in [3.63, 3.8) is 0 Å². The molecule has 11 heteroatoms. The predicted molar refractivity (Wildman–Crippen MR) is 122 cm³/mol. The van der Waals surface area contributed by atoms with Gasteiger partial charge in [-0.2, -0.15) is 15.6 Å². The second-order valence-corrected chi connectivity index (χ2v) is 9.80. The quantitative estimate of drug-likeness (QED) is 0.465. The number of rotatable bonds is 5. The summed E-state index contributed by atoms with van der Waals surface area (Å²) in [5, 5.41) is 29.0. The topological polar surface area (TPSA) is 164 Å². The summed E-state index contributed by atoms with van der Waals surface area (Å²) in [5.41, 5.74) is 2.53. The molecule has 0 bridgehead atoms. The van der Waals surface area contributed by atoms with Crippen LogP contribution in [0.4, 0.5) is 0 Å². The van der Waals surface area contributed by atoms with Crippen LogP contribution in [0.3, 0.4) is 0 Å². The highest BCUT2D eigenvalue weighted by Crippen LogP contribution is 2.46. The number of aromatic nitrogens is 5. The fraction of sp³-hybridized carbons (Fsp3) is 0.217. The molecule has 0 spiro atoms. The molecule has 34 heavy (non-hydrogen) atoms. The van der Waals surface area contributed by atoms with Crippen molar-refractivity contribution in [3.8, 4) is 34.8 Å². The van der Waals surface area contributed by atoms with Gasteiger partial charge in [0.15, 0.2) is 5.03 Å². The second-order valence-electron chi connectivity index (χ2n) is 8.30. The first kappa shape index (κ1) is 21.6. The number of nitrogens with two attached hydrogens (primary N) is 1. The Morgan fingerprint density at radius 3 is 2.65 bits per heavy atom. The number of pyridine rings is 3. The van der Waals surface area contributed by atoms with Gasteiger partial charge in [-0.15, -0.1) is 0 Å². The largest absolute Gasteiger partial charge is 0.265 e. The summed E-state index contributed by atoms with van der Waals surface area (Å²) in [6.07, 6.45) is 6.32. The Labute approximate surface area is 195 Å². The molecular weight excluding hydrogens is 452 g/mol. The molecule has 10 nitrogen and oxygen atoms in total. The first-order valence-corrected chi connectivity index (χ1v) is 12.0. The number of hydrogen-bond donors (Lipinski definition) is 1. The fourth-order valence-corrected chi connectivity index (χ4v) is 4.80. The van der Waals surface area contributed by atoms with Crippen LogP contribution >= 0.6 is 0 Å². The normalized spacial score (nSPS) is 19.8. The maximum Gasteiger partial charge on any atom is 0.255 e. The van der Waals surface area contributed by atoms with Crippen molar-refractivity contribution >= 4 is 20.9 Å². The first-order valence-electron chi connectivity index (χ1n) is 10.4. The highest BCUT2D eigenvalue weighted by Gasteiger charge is 2.46. The van der Waals surface area contributed by atoms with Crippen LogP contribution in [-0.4, -0.2) is 33.2 Å². The fourth-order valence-electron chi connectivity index (χ4n) is 4.34. The average Bonchev–Trinajstić information content (AvgIpc) is 3.30. The second kappa shape index (κ2) is 7.99. The number of primary sulfonamides is 1. The van der Waals surface area contributed by atoms with Gasteiger partial charge in [0.1, 0.15) is 11.4 Å². The lowest BCUT2D eigenvalue weighted by Crippen LogP contribution is -2.46. The summed E-state index contributed by atoms with van der Waals surface area (Å²) in [7, 11) is -3.91. The van der Waals surface area contributed by atoms with E-state index >= 15 is 0 Å². The molecule has 0 aromatic carbocycles. The Morgan fingerprint density at radius 2 is 1.97 bits per heavy atom. The third kappa shape index (κ3) is 3.67. The Morgan fingerprint density at radius 1 is 1.15 bits per heavy atom. The predicted octanol–water partition coefficient (Wildman–Crippen LogP) is 2.75. The van der Waals surface area contributed by atoms with Gasteiger partial charge in [0.25, 0.3) is 10.0 Å². The van der Waals surface area contributed by atoms with E-state index in [1.807, 2.05) is 24.4 Å². The molecule has 1 fully saturated rings. The van der Waals surface area contributed by atoms with E-state index in [0.717, 1.165) is 5.39 Å². The molecule has 0 aliphatic heterocycles. The highest BCUT2D eigenvalue weighted by molar-refractivity contribution is 7.89. The monoisotopic (exact) mass is 470 g/mol. The zero-order valence-corrected chi connectivity index (χ0v) is 18.6. The van der Waals surface area contributed by atoms with Crippen LogP contribution in [0.2, 0.25) is 0 Å². The number of hydrogen-bond acceptors (Lipinski definition) is 8. The van der Waals surface area contributed by atoms with E-state index in [9.17, 15) is 18.9 Å². The van der Waals surface area contributed by atoms with E-state index in [0.29, 0.717) is 41.0 Å². The van der Waals surface area contributed by atoms with E-state index in [1.54, 1.807) is 23.0 Å². The van der Waals surface area contributed by atoms with Crippen LogP contribution in [0.5, 0.6) is 0 Å². The lowest BCUT2D eigenvalue weighted by Gasteiger charge is -2.43. The zero-order valence-electron chi connectivity index (χ0n) is 17.8. The van der Waals surface area contributed by atoms with Crippen LogP contribution in [0.1, 0.15) is 19.3 Å². The van der Waals surface area contributed by atoms with Gasteiger partial charge in [-0.3, -0.25) is 9.67 Å². The van der Waals surface area contributed by atoms with Crippen LogP contribution in [-0.2, 0) is 15.6 Å². The van der Waals surface area contributed by atoms with Gasteiger partial charge in [0, 0.05) is 29.5 Å². The van der Waals surface area contributed by atoms with Gasteiger partial charge in [0.2, 0.25) is 0 Å². The number of nitrogens with zero attached hydrogens (tertiary/aromatic N) is 7. The smallest absolute Gasteiger partial charge is 0.255 e. The summed E-state index contributed by atoms with van der Waals surface area (Å²) in [6, 6.07) is 14.7. The Hall–Kier alpha value is -4.19. The van der Waals surface area contributed by atoms with Gasteiger partial charge in [-0.05, 0) is 49.2 Å². The molecular formula is C23H18N8O2S. The van der Waals surface area contributed by atoms with Crippen LogP contribution < -0.4 is 5.14 Å². The van der Waals surface area contributed by atoms with E-state index in [2.05, 4.69) is 22.1 Å². The van der Waals surface area contributed by atoms with Gasteiger partial charge < -0.3 is 0 Å². The van der Waals surface area contributed by atoms with E-state index in [-0.39, 0.29) is 17.4 Å². The molecule has 2 N–H and O–H groups in total. The molecule has 1 aliphatic carbocycles. The van der Waals surface area contributed by atoms with Crippen molar-refractivity contribution in [1.29, 1.82) is 10.5 Å². The lowest BCUT2D eigenvalue weighted by atomic mass is 9.67. The molecule has 0 unspecified atom stereocenters. The molecule has 0 atom stereocenters. The zero-order chi connectivity index (χ0) is 23.9. The third-order valence-corrected chi connectivity index (χ3v) is 6.91. The average molecular weight is 471 g/mol. The molecule has 168 valence electrons. The Bertz CT molecular complexity index is 1590. The van der Waals surface area contributed by atoms with E-state index < -0.39 is 15.6 Å². The van der Waals surface area contributed by atoms with E-state index in [4.69, 9.17) is 15.2 Å². The molecule has 4 aromatic heterocycles. The van der Waals surface area contributed by atoms with Gasteiger partial charge in [-0.1, -0.05) is 0 Å². The standard InChI is InChI=1S/C23H18N8O2S/c24-7-6-23(11-15(12-23)13-25)31-9-5-18(30-31)22-17-2-1-8-27-20(17)10-19(29-22)16-3-4-21(28-14-16)34(26,32)33/h1-5,8-10,14-15H,6,11-12H2,(H2,26,32,33)/t15-,23+. The SMILES string of the molecule is N#CC[C@]1(n2ccc(-c3nc(-c4ccc(S(N)(=O)=O)nc4)cc4ncccc34)n2)C[C@@H](C#N)C1. The summed E-state index contributed by atoms with van der Waals surface area (Å²) in [4.78, 5) is 13.2. The Balaban J connectivity index is 1.60. The van der Waals surface area contributed by atoms with Crippen molar-refractivity contribution in [1.82, 2.24) is 24.7 Å². The van der Waals surface area contributed by atoms with Crippen LogP contribution in [0, 0.1) is 28.6 Å². The maximum absolute atomic E-state index is 11.5. The minimum absolute atomic E-state index is 0.0831. The van der Waals surface area contributed by atoms with E-state index in [1.165, 1.54) is 12.3 Å². The van der Waals surface area contributed by atoms with Gasteiger partial charge in [-0.25, -0.2) is 23.5 Å². The summed E-state index contributed by atoms with van der Waals surface area (Å²) < 4.78 is 24.8. The van der Waals surface area contributed by atoms with Crippen molar-refractivity contribution < 1.29 is 8.42 Å². The van der Waals surface area contributed by atoms with Crippen molar-refractivity contribution in [2.45, 2.75) is 29.8 Å². The third-order valence-electron chi connectivity index (χ3n) is 6.08. The molecule has 4 aromatic rings. The lowest BCUT2D eigenvalue weighted by molar-refractivity contribution is 0.0884. The van der Waals surface area contributed by atoms with Crippen molar-refractivity contribution in [2.24, 2.45) is 11.1 Å². The van der Waals surface area contributed by atoms with Crippen LogP contribution in [0.15, 0.2) is 60.0 Å². The number of fused-ring (bicyclic) bond motifs is 1. The molecule has 5 rings (SSSR count). The number of sulfonamides is 1. The maximum atomic E-state index is 11.5. The molecule has 1 saturated carbocycles. The Kier molecular flexibility index (Phi) is 5.09. The first-order chi connectivity index (χ1) is 16.3. The van der Waals surface area contributed by atoms with Gasteiger partial charge in [0.05, 0.1) is 41.2 Å². The summed E-state index contributed by atoms with van der Waals surface area (Å²) in [5.74, 6) is -0.0831. The molecule has 1 aliphatic rings. The minimum atomic E-state index is -3.91. The number of nitriles is 2. The molecule has 4 heterocycles.